The number of nitrogens with one attached hydrogen (secondary N) is 2. The quantitative estimate of drug-likeness (QED) is 0.327. The van der Waals surface area contributed by atoms with Crippen molar-refractivity contribution in [3.63, 3.8) is 0 Å². The molecular weight excluding hydrogens is 463 g/mol. The van der Waals surface area contributed by atoms with Crippen molar-refractivity contribution in [1.82, 2.24) is 10.2 Å². The van der Waals surface area contributed by atoms with Gasteiger partial charge in [0.15, 0.2) is 5.82 Å². The average Bonchev–Trinajstić information content (AvgIpc) is 3.14. The fourth-order valence-electron chi connectivity index (χ4n) is 3.04. The standard InChI is InChI=1S/C22H15Cl2F2N3O3/c23-14-7-13(8-15(24)9-14)21(30)27-20-17-10-16(5-6-18(17)28-29-20)31-11-12-3-1-2-4-19(12)32-22(25)26/h1-10,22H,11H2,(H2,27,28,29,30). The topological polar surface area (TPSA) is 76.2 Å². The lowest BCUT2D eigenvalue weighted by atomic mass is 10.2. The van der Waals surface area contributed by atoms with Crippen molar-refractivity contribution < 1.29 is 23.0 Å². The number of ether oxygens (including phenoxy) is 2. The molecule has 0 unspecified atom stereocenters. The Morgan fingerprint density at radius 3 is 2.56 bits per heavy atom. The molecule has 0 spiro atoms. The minimum Gasteiger partial charge on any atom is -0.489 e. The summed E-state index contributed by atoms with van der Waals surface area (Å²) in [5.74, 6) is 0.340. The summed E-state index contributed by atoms with van der Waals surface area (Å²) in [7, 11) is 0. The number of aromatic amines is 1. The highest BCUT2D eigenvalue weighted by molar-refractivity contribution is 6.35. The van der Waals surface area contributed by atoms with Gasteiger partial charge in [-0.2, -0.15) is 13.9 Å². The van der Waals surface area contributed by atoms with Gasteiger partial charge in [0.05, 0.1) is 5.52 Å². The molecule has 2 N–H and O–H groups in total. The average molecular weight is 478 g/mol. The van der Waals surface area contributed by atoms with Crippen LogP contribution in [0.25, 0.3) is 10.9 Å². The van der Waals surface area contributed by atoms with Crippen LogP contribution in [-0.4, -0.2) is 22.7 Å². The smallest absolute Gasteiger partial charge is 0.387 e. The highest BCUT2D eigenvalue weighted by Crippen LogP contribution is 2.28. The number of anilines is 1. The van der Waals surface area contributed by atoms with E-state index >= 15 is 0 Å². The number of carbonyl (C=O) groups excluding carboxylic acids is 1. The SMILES string of the molecule is O=C(Nc1n[nH]c2ccc(OCc3ccccc3OC(F)F)cc12)c1cc(Cl)cc(Cl)c1. The molecule has 4 rings (SSSR count). The predicted octanol–water partition coefficient (Wildman–Crippen LogP) is 6.30. The van der Waals surface area contributed by atoms with Crippen molar-refractivity contribution in [3.8, 4) is 11.5 Å². The van der Waals surface area contributed by atoms with E-state index < -0.39 is 12.5 Å². The number of hydrogen-bond acceptors (Lipinski definition) is 4. The Hall–Kier alpha value is -3.36. The molecule has 0 aliphatic carbocycles. The number of para-hydroxylation sites is 1. The molecule has 0 saturated carbocycles. The van der Waals surface area contributed by atoms with Gasteiger partial charge in [0.2, 0.25) is 0 Å². The third-order valence-corrected chi connectivity index (χ3v) is 4.91. The molecule has 0 radical (unpaired) electrons. The van der Waals surface area contributed by atoms with Gasteiger partial charge in [0, 0.05) is 26.6 Å². The maximum atomic E-state index is 12.6. The molecule has 1 heterocycles. The normalized spacial score (nSPS) is 11.0. The lowest BCUT2D eigenvalue weighted by molar-refractivity contribution is -0.0508. The summed E-state index contributed by atoms with van der Waals surface area (Å²) >= 11 is 11.9. The number of carbonyl (C=O) groups is 1. The maximum Gasteiger partial charge on any atom is 0.387 e. The zero-order valence-corrected chi connectivity index (χ0v) is 17.8. The third-order valence-electron chi connectivity index (χ3n) is 4.47. The number of alkyl halides is 2. The summed E-state index contributed by atoms with van der Waals surface area (Å²) in [6, 6.07) is 16.0. The van der Waals surface area contributed by atoms with Crippen molar-refractivity contribution in [2.45, 2.75) is 13.2 Å². The molecule has 0 aliphatic rings. The molecule has 0 saturated heterocycles. The monoisotopic (exact) mass is 477 g/mol. The Balaban J connectivity index is 1.52. The van der Waals surface area contributed by atoms with Crippen molar-refractivity contribution >= 4 is 45.8 Å². The van der Waals surface area contributed by atoms with E-state index in [9.17, 15) is 13.6 Å². The van der Waals surface area contributed by atoms with E-state index in [1.165, 1.54) is 24.3 Å². The van der Waals surface area contributed by atoms with E-state index in [0.29, 0.717) is 32.3 Å². The van der Waals surface area contributed by atoms with Gasteiger partial charge in [0.25, 0.3) is 5.91 Å². The van der Waals surface area contributed by atoms with Gasteiger partial charge >= 0.3 is 6.61 Å². The van der Waals surface area contributed by atoms with Crippen molar-refractivity contribution in [1.29, 1.82) is 0 Å². The summed E-state index contributed by atoms with van der Waals surface area (Å²) in [6.07, 6.45) is 0. The van der Waals surface area contributed by atoms with Crippen molar-refractivity contribution in [2.75, 3.05) is 5.32 Å². The van der Waals surface area contributed by atoms with Gasteiger partial charge in [-0.05, 0) is 42.5 Å². The van der Waals surface area contributed by atoms with Crippen LogP contribution in [0.5, 0.6) is 11.5 Å². The van der Waals surface area contributed by atoms with Crippen LogP contribution in [0, 0.1) is 0 Å². The van der Waals surface area contributed by atoms with Crippen molar-refractivity contribution in [2.24, 2.45) is 0 Å². The number of hydrogen-bond donors (Lipinski definition) is 2. The first kappa shape index (κ1) is 21.9. The van der Waals surface area contributed by atoms with E-state index in [0.717, 1.165) is 0 Å². The molecule has 0 fully saturated rings. The van der Waals surface area contributed by atoms with Crippen LogP contribution < -0.4 is 14.8 Å². The van der Waals surface area contributed by atoms with Gasteiger partial charge in [-0.1, -0.05) is 41.4 Å². The molecule has 1 aromatic heterocycles. The molecule has 3 aromatic carbocycles. The summed E-state index contributed by atoms with van der Waals surface area (Å²) in [5, 5.41) is 10.9. The number of nitrogens with zero attached hydrogens (tertiary/aromatic N) is 1. The highest BCUT2D eigenvalue weighted by atomic mass is 35.5. The summed E-state index contributed by atoms with van der Waals surface area (Å²) < 4.78 is 35.5. The number of fused-ring (bicyclic) bond motifs is 1. The van der Waals surface area contributed by atoms with E-state index in [2.05, 4.69) is 20.3 Å². The summed E-state index contributed by atoms with van der Waals surface area (Å²) in [5.41, 5.74) is 1.41. The fourth-order valence-corrected chi connectivity index (χ4v) is 3.56. The molecular formula is C22H15Cl2F2N3O3. The second kappa shape index (κ2) is 9.42. The fraction of sp³-hybridized carbons (Fsp3) is 0.0909. The number of benzene rings is 3. The minimum atomic E-state index is -2.93. The Kier molecular flexibility index (Phi) is 6.43. The molecule has 0 atom stereocenters. The minimum absolute atomic E-state index is 0.00889. The molecule has 164 valence electrons. The first-order valence-corrected chi connectivity index (χ1v) is 10.1. The maximum absolute atomic E-state index is 12.6. The molecule has 32 heavy (non-hydrogen) atoms. The Labute approximate surface area is 191 Å². The molecule has 1 amide bonds. The molecule has 10 heteroatoms. The Morgan fingerprint density at radius 1 is 1.06 bits per heavy atom. The molecule has 0 bridgehead atoms. The van der Waals surface area contributed by atoms with Crippen LogP contribution >= 0.6 is 23.2 Å². The van der Waals surface area contributed by atoms with Crippen LogP contribution in [0.1, 0.15) is 15.9 Å². The second-order valence-corrected chi connectivity index (χ2v) is 7.54. The number of amides is 1. The van der Waals surface area contributed by atoms with Crippen LogP contribution in [-0.2, 0) is 6.61 Å². The van der Waals surface area contributed by atoms with Gasteiger partial charge in [0.1, 0.15) is 18.1 Å². The zero-order chi connectivity index (χ0) is 22.7. The zero-order valence-electron chi connectivity index (χ0n) is 16.2. The van der Waals surface area contributed by atoms with Gasteiger partial charge in [-0.15, -0.1) is 0 Å². The van der Waals surface area contributed by atoms with Crippen LogP contribution in [0.15, 0.2) is 60.7 Å². The molecule has 4 aromatic rings. The van der Waals surface area contributed by atoms with Gasteiger partial charge in [-0.3, -0.25) is 9.89 Å². The largest absolute Gasteiger partial charge is 0.489 e. The molecule has 6 nitrogen and oxygen atoms in total. The summed E-state index contributed by atoms with van der Waals surface area (Å²) in [4.78, 5) is 12.6. The Bertz CT molecular complexity index is 1260. The van der Waals surface area contributed by atoms with Crippen LogP contribution in [0.2, 0.25) is 10.0 Å². The van der Waals surface area contributed by atoms with E-state index in [1.807, 2.05) is 0 Å². The number of rotatable bonds is 7. The lowest BCUT2D eigenvalue weighted by Crippen LogP contribution is -2.12. The molecule has 0 aliphatic heterocycles. The number of H-pyrrole nitrogens is 1. The van der Waals surface area contributed by atoms with Crippen LogP contribution in [0.3, 0.4) is 0 Å². The van der Waals surface area contributed by atoms with Crippen molar-refractivity contribution in [3.05, 3.63) is 81.8 Å². The first-order valence-electron chi connectivity index (χ1n) is 9.30. The summed E-state index contributed by atoms with van der Waals surface area (Å²) in [6.45, 7) is -2.92. The number of aromatic nitrogens is 2. The highest BCUT2D eigenvalue weighted by Gasteiger charge is 2.14. The third kappa shape index (κ3) is 5.09. The number of halogens is 4. The van der Waals surface area contributed by atoms with E-state index in [-0.39, 0.29) is 23.7 Å². The van der Waals surface area contributed by atoms with Crippen LogP contribution in [0.4, 0.5) is 14.6 Å². The second-order valence-electron chi connectivity index (χ2n) is 6.67. The first-order chi connectivity index (χ1) is 15.4. The van der Waals surface area contributed by atoms with Gasteiger partial charge < -0.3 is 14.8 Å². The van der Waals surface area contributed by atoms with E-state index in [4.69, 9.17) is 27.9 Å². The predicted molar refractivity (Wildman–Crippen MR) is 118 cm³/mol. The lowest BCUT2D eigenvalue weighted by Gasteiger charge is -2.12. The Morgan fingerprint density at radius 2 is 1.81 bits per heavy atom. The van der Waals surface area contributed by atoms with Gasteiger partial charge in [-0.25, -0.2) is 0 Å². The van der Waals surface area contributed by atoms with E-state index in [1.54, 1.807) is 36.4 Å².